The first-order valence-electron chi connectivity index (χ1n) is 6.41. The molecule has 0 aromatic heterocycles. The van der Waals surface area contributed by atoms with Crippen LogP contribution in [0.2, 0.25) is 0 Å². The van der Waals surface area contributed by atoms with E-state index >= 15 is 0 Å². The number of ether oxygens (including phenoxy) is 1. The molecule has 0 saturated heterocycles. The molecule has 0 radical (unpaired) electrons. The highest BCUT2D eigenvalue weighted by molar-refractivity contribution is 5.73. The molecule has 0 rings (SSSR count). The highest BCUT2D eigenvalue weighted by Crippen LogP contribution is 2.27. The largest absolute Gasteiger partial charge is 0.481 e. The second-order valence-electron chi connectivity index (χ2n) is 5.22. The van der Waals surface area contributed by atoms with E-state index in [-0.39, 0.29) is 5.60 Å². The fourth-order valence-corrected chi connectivity index (χ4v) is 1.77. The minimum absolute atomic E-state index is 0.177. The van der Waals surface area contributed by atoms with E-state index in [0.29, 0.717) is 19.6 Å². The van der Waals surface area contributed by atoms with E-state index in [1.54, 1.807) is 13.8 Å². The Bertz CT molecular complexity index is 235. The molecule has 0 aromatic rings. The van der Waals surface area contributed by atoms with Gasteiger partial charge in [0.25, 0.3) is 0 Å². The van der Waals surface area contributed by atoms with Gasteiger partial charge in [-0.15, -0.1) is 0 Å². The second kappa shape index (κ2) is 6.97. The van der Waals surface area contributed by atoms with Crippen molar-refractivity contribution in [3.63, 3.8) is 0 Å². The summed E-state index contributed by atoms with van der Waals surface area (Å²) in [4.78, 5) is 11.0. The molecule has 4 nitrogen and oxygen atoms in total. The van der Waals surface area contributed by atoms with Gasteiger partial charge in [-0.1, -0.05) is 13.8 Å². The van der Waals surface area contributed by atoms with Gasteiger partial charge in [0.2, 0.25) is 0 Å². The Morgan fingerprint density at radius 1 is 1.24 bits per heavy atom. The minimum atomic E-state index is -0.779. The van der Waals surface area contributed by atoms with Gasteiger partial charge in [-0.3, -0.25) is 4.79 Å². The lowest BCUT2D eigenvalue weighted by atomic mass is 9.89. The summed E-state index contributed by atoms with van der Waals surface area (Å²) < 4.78 is 5.91. The zero-order valence-electron chi connectivity index (χ0n) is 11.6. The van der Waals surface area contributed by atoms with Crippen LogP contribution in [0.4, 0.5) is 0 Å². The van der Waals surface area contributed by atoms with Gasteiger partial charge in [0.15, 0.2) is 0 Å². The summed E-state index contributed by atoms with van der Waals surface area (Å²) in [7, 11) is 0. The molecule has 0 spiro atoms. The van der Waals surface area contributed by atoms with E-state index in [9.17, 15) is 4.79 Å². The average Bonchev–Trinajstić information content (AvgIpc) is 2.27. The molecule has 4 heteroatoms. The molecule has 3 N–H and O–H groups in total. The first-order valence-corrected chi connectivity index (χ1v) is 6.41. The molecular formula is C13H27NO3. The van der Waals surface area contributed by atoms with E-state index in [0.717, 1.165) is 19.3 Å². The predicted octanol–water partition coefficient (Wildman–Crippen LogP) is 2.41. The maximum Gasteiger partial charge on any atom is 0.309 e. The summed E-state index contributed by atoms with van der Waals surface area (Å²) in [6, 6.07) is 0. The minimum Gasteiger partial charge on any atom is -0.481 e. The van der Waals surface area contributed by atoms with E-state index in [1.165, 1.54) is 0 Å². The van der Waals surface area contributed by atoms with E-state index in [1.807, 2.05) is 0 Å². The van der Waals surface area contributed by atoms with Gasteiger partial charge in [-0.25, -0.2) is 0 Å². The van der Waals surface area contributed by atoms with E-state index < -0.39 is 11.4 Å². The number of rotatable bonds is 9. The Morgan fingerprint density at radius 3 is 2.12 bits per heavy atom. The van der Waals surface area contributed by atoms with Gasteiger partial charge in [0.1, 0.15) is 0 Å². The van der Waals surface area contributed by atoms with Gasteiger partial charge in [-0.2, -0.15) is 0 Å². The molecule has 0 aliphatic rings. The first-order chi connectivity index (χ1) is 7.83. The normalized spacial score (nSPS) is 12.8. The Hall–Kier alpha value is -0.610. The summed E-state index contributed by atoms with van der Waals surface area (Å²) in [5.74, 6) is -0.779. The lowest BCUT2D eigenvalue weighted by Gasteiger charge is -2.33. The zero-order valence-corrected chi connectivity index (χ0v) is 11.6. The lowest BCUT2D eigenvalue weighted by molar-refractivity contribution is -0.149. The first kappa shape index (κ1) is 16.4. The summed E-state index contributed by atoms with van der Waals surface area (Å²) in [6.45, 7) is 8.69. The van der Waals surface area contributed by atoms with Crippen molar-refractivity contribution in [2.75, 3.05) is 13.2 Å². The van der Waals surface area contributed by atoms with Crippen LogP contribution in [0.1, 0.15) is 53.4 Å². The van der Waals surface area contributed by atoms with Crippen LogP contribution in [0.25, 0.3) is 0 Å². The van der Waals surface area contributed by atoms with Crippen molar-refractivity contribution >= 4 is 5.97 Å². The lowest BCUT2D eigenvalue weighted by Crippen LogP contribution is -2.36. The third-order valence-corrected chi connectivity index (χ3v) is 3.60. The maximum atomic E-state index is 11.0. The molecule has 0 atom stereocenters. The van der Waals surface area contributed by atoms with E-state index in [2.05, 4.69) is 13.8 Å². The molecule has 17 heavy (non-hydrogen) atoms. The van der Waals surface area contributed by atoms with Crippen LogP contribution in [0, 0.1) is 5.41 Å². The van der Waals surface area contributed by atoms with Crippen LogP contribution in [-0.4, -0.2) is 29.8 Å². The van der Waals surface area contributed by atoms with Crippen LogP contribution in [0.15, 0.2) is 0 Å². The highest BCUT2D eigenvalue weighted by atomic mass is 16.5. The highest BCUT2D eigenvalue weighted by Gasteiger charge is 2.30. The van der Waals surface area contributed by atoms with Crippen molar-refractivity contribution in [2.24, 2.45) is 11.1 Å². The van der Waals surface area contributed by atoms with Crippen LogP contribution >= 0.6 is 0 Å². The maximum absolute atomic E-state index is 11.0. The molecule has 0 amide bonds. The summed E-state index contributed by atoms with van der Waals surface area (Å²) in [5, 5.41) is 9.01. The monoisotopic (exact) mass is 245 g/mol. The number of hydrogen-bond acceptors (Lipinski definition) is 3. The third kappa shape index (κ3) is 5.04. The molecule has 0 bridgehead atoms. The van der Waals surface area contributed by atoms with Gasteiger partial charge in [0, 0.05) is 6.61 Å². The molecule has 102 valence electrons. The molecule has 0 saturated carbocycles. The standard InChI is InChI=1S/C13H27NO3/c1-5-13(6-2,7-9-14)17-10-8-12(3,4)11(15)16/h5-10,14H2,1-4H3,(H,15,16). The number of carboxylic acid groups (broad SMARTS) is 1. The Morgan fingerprint density at radius 2 is 1.76 bits per heavy atom. The van der Waals surface area contributed by atoms with E-state index in [4.69, 9.17) is 15.6 Å². The summed E-state index contributed by atoms with van der Waals surface area (Å²) in [5.41, 5.74) is 4.69. The number of carbonyl (C=O) groups is 1. The van der Waals surface area contributed by atoms with Crippen molar-refractivity contribution < 1.29 is 14.6 Å². The number of hydrogen-bond donors (Lipinski definition) is 2. The summed E-state index contributed by atoms with van der Waals surface area (Å²) >= 11 is 0. The van der Waals surface area contributed by atoms with Crippen molar-refractivity contribution in [1.82, 2.24) is 0 Å². The molecular weight excluding hydrogens is 218 g/mol. The average molecular weight is 245 g/mol. The van der Waals surface area contributed by atoms with Gasteiger partial charge >= 0.3 is 5.97 Å². The topological polar surface area (TPSA) is 72.5 Å². The van der Waals surface area contributed by atoms with Gasteiger partial charge in [0.05, 0.1) is 11.0 Å². The van der Waals surface area contributed by atoms with Gasteiger partial charge in [-0.05, 0) is 46.1 Å². The molecule has 0 aliphatic carbocycles. The Balaban J connectivity index is 4.28. The molecule has 0 aromatic carbocycles. The number of aliphatic carboxylic acids is 1. The molecule has 0 heterocycles. The van der Waals surface area contributed by atoms with Crippen LogP contribution in [0.5, 0.6) is 0 Å². The van der Waals surface area contributed by atoms with Crippen molar-refractivity contribution in [2.45, 2.75) is 59.0 Å². The quantitative estimate of drug-likeness (QED) is 0.654. The second-order valence-corrected chi connectivity index (χ2v) is 5.22. The van der Waals surface area contributed by atoms with Gasteiger partial charge < -0.3 is 15.6 Å². The Labute approximate surface area is 105 Å². The Kier molecular flexibility index (Phi) is 6.72. The fraction of sp³-hybridized carbons (Fsp3) is 0.923. The zero-order chi connectivity index (χ0) is 13.5. The predicted molar refractivity (Wildman–Crippen MR) is 69.0 cm³/mol. The van der Waals surface area contributed by atoms with Crippen molar-refractivity contribution in [3.05, 3.63) is 0 Å². The molecule has 0 aliphatic heterocycles. The number of nitrogens with two attached hydrogens (primary N) is 1. The van der Waals surface area contributed by atoms with Crippen LogP contribution < -0.4 is 5.73 Å². The summed E-state index contributed by atoms with van der Waals surface area (Å²) in [6.07, 6.45) is 3.17. The smallest absolute Gasteiger partial charge is 0.309 e. The number of carboxylic acids is 1. The SMILES string of the molecule is CCC(CC)(CCN)OCCC(C)(C)C(=O)O. The third-order valence-electron chi connectivity index (χ3n) is 3.60. The van der Waals surface area contributed by atoms with Crippen LogP contribution in [0.3, 0.4) is 0 Å². The van der Waals surface area contributed by atoms with Crippen molar-refractivity contribution in [1.29, 1.82) is 0 Å². The molecule has 0 unspecified atom stereocenters. The van der Waals surface area contributed by atoms with Crippen LogP contribution in [-0.2, 0) is 9.53 Å². The van der Waals surface area contributed by atoms with Crippen molar-refractivity contribution in [3.8, 4) is 0 Å². The molecule has 0 fully saturated rings. The fourth-order valence-electron chi connectivity index (χ4n) is 1.77.